The van der Waals surface area contributed by atoms with E-state index >= 15 is 0 Å². The van der Waals surface area contributed by atoms with Crippen LogP contribution in [0.5, 0.6) is 11.6 Å². The number of hydrogen-bond acceptors (Lipinski definition) is 6. The molecular weight excluding hydrogens is 344 g/mol. The van der Waals surface area contributed by atoms with Crippen LogP contribution in [0.1, 0.15) is 4.88 Å². The number of ether oxygens (including phenoxy) is 1. The van der Waals surface area contributed by atoms with Crippen LogP contribution >= 0.6 is 11.3 Å². The minimum absolute atomic E-state index is 0.356. The summed E-state index contributed by atoms with van der Waals surface area (Å²) in [5.74, 6) is 1.67. The molecule has 6 heteroatoms. The van der Waals surface area contributed by atoms with Gasteiger partial charge in [-0.05, 0) is 29.3 Å². The Morgan fingerprint density at radius 2 is 1.88 bits per heavy atom. The van der Waals surface area contributed by atoms with Gasteiger partial charge in [0.1, 0.15) is 17.8 Å². The number of nitrogens with one attached hydrogen (secondary N) is 1. The van der Waals surface area contributed by atoms with Crippen LogP contribution in [-0.4, -0.2) is 16.5 Å². The van der Waals surface area contributed by atoms with Crippen molar-refractivity contribution in [2.75, 3.05) is 17.6 Å². The molecule has 0 radical (unpaired) electrons. The number of nitrogens with two attached hydrogens (primary N) is 1. The molecule has 0 aliphatic carbocycles. The summed E-state index contributed by atoms with van der Waals surface area (Å²) >= 11 is 1.74. The van der Waals surface area contributed by atoms with Gasteiger partial charge in [0.15, 0.2) is 5.82 Å². The van der Waals surface area contributed by atoms with Gasteiger partial charge in [-0.25, -0.2) is 4.98 Å². The summed E-state index contributed by atoms with van der Waals surface area (Å²) < 4.78 is 6.00. The fraction of sp³-hybridized carbons (Fsp3) is 0.100. The predicted octanol–water partition coefficient (Wildman–Crippen LogP) is 4.72. The van der Waals surface area contributed by atoms with Crippen LogP contribution < -0.4 is 15.8 Å². The Kier molecular flexibility index (Phi) is 4.66. The number of rotatable bonds is 6. The molecule has 4 rings (SSSR count). The second kappa shape index (κ2) is 7.41. The highest BCUT2D eigenvalue weighted by atomic mass is 32.1. The molecule has 0 amide bonds. The minimum atomic E-state index is 0.356. The first-order valence-electron chi connectivity index (χ1n) is 8.33. The Labute approximate surface area is 155 Å². The molecule has 0 aliphatic heterocycles. The molecule has 0 bridgehead atoms. The van der Waals surface area contributed by atoms with Gasteiger partial charge in [-0.15, -0.1) is 11.3 Å². The van der Waals surface area contributed by atoms with Gasteiger partial charge in [-0.2, -0.15) is 4.98 Å². The number of thiophene rings is 1. The molecule has 2 heterocycles. The molecule has 2 aromatic heterocycles. The first kappa shape index (κ1) is 16.4. The van der Waals surface area contributed by atoms with E-state index in [2.05, 4.69) is 32.8 Å². The van der Waals surface area contributed by atoms with Crippen LogP contribution in [0.25, 0.3) is 10.8 Å². The summed E-state index contributed by atoms with van der Waals surface area (Å²) in [5.41, 5.74) is 6.63. The third-order valence-electron chi connectivity index (χ3n) is 4.05. The Balaban J connectivity index is 1.53. The van der Waals surface area contributed by atoms with Crippen molar-refractivity contribution in [3.63, 3.8) is 0 Å². The van der Waals surface area contributed by atoms with Crippen molar-refractivity contribution in [1.82, 2.24) is 9.97 Å². The van der Waals surface area contributed by atoms with E-state index in [-0.39, 0.29) is 0 Å². The molecule has 0 fully saturated rings. The molecule has 4 aromatic rings. The highest BCUT2D eigenvalue weighted by Crippen LogP contribution is 2.33. The van der Waals surface area contributed by atoms with E-state index in [4.69, 9.17) is 10.5 Å². The van der Waals surface area contributed by atoms with Crippen molar-refractivity contribution in [2.45, 2.75) is 6.42 Å². The van der Waals surface area contributed by atoms with E-state index in [1.54, 1.807) is 11.3 Å². The molecule has 0 saturated heterocycles. The molecule has 130 valence electrons. The normalized spacial score (nSPS) is 10.8. The number of aromatic nitrogens is 2. The summed E-state index contributed by atoms with van der Waals surface area (Å²) in [6.07, 6.45) is 2.38. The zero-order chi connectivity index (χ0) is 17.8. The lowest BCUT2D eigenvalue weighted by atomic mass is 10.1. The number of hydrogen-bond donors (Lipinski definition) is 2. The van der Waals surface area contributed by atoms with Gasteiger partial charge >= 0.3 is 0 Å². The Morgan fingerprint density at radius 1 is 1.00 bits per heavy atom. The lowest BCUT2D eigenvalue weighted by Gasteiger charge is -2.12. The van der Waals surface area contributed by atoms with Crippen LogP contribution in [0.3, 0.4) is 0 Å². The minimum Gasteiger partial charge on any atom is -0.436 e. The second-order valence-corrected chi connectivity index (χ2v) is 6.81. The molecule has 0 unspecified atom stereocenters. The van der Waals surface area contributed by atoms with Crippen LogP contribution in [0.4, 0.5) is 11.5 Å². The van der Waals surface area contributed by atoms with Gasteiger partial charge in [0.25, 0.3) is 0 Å². The number of fused-ring (bicyclic) bond motifs is 1. The number of nitrogen functional groups attached to an aromatic ring is 1. The summed E-state index contributed by atoms with van der Waals surface area (Å²) in [6, 6.07) is 18.1. The quantitative estimate of drug-likeness (QED) is 0.519. The summed E-state index contributed by atoms with van der Waals surface area (Å²) in [5, 5.41) is 7.46. The van der Waals surface area contributed by atoms with Crippen molar-refractivity contribution >= 4 is 33.6 Å². The third kappa shape index (κ3) is 3.45. The Hall–Kier alpha value is -3.12. The molecule has 0 atom stereocenters. The van der Waals surface area contributed by atoms with Crippen LogP contribution in [0, 0.1) is 0 Å². The molecule has 0 spiro atoms. The highest BCUT2D eigenvalue weighted by Gasteiger charge is 2.11. The number of benzene rings is 2. The summed E-state index contributed by atoms with van der Waals surface area (Å²) in [6.45, 7) is 0.745. The lowest BCUT2D eigenvalue weighted by molar-refractivity contribution is 0.470. The summed E-state index contributed by atoms with van der Waals surface area (Å²) in [7, 11) is 0. The zero-order valence-electron chi connectivity index (χ0n) is 14.1. The van der Waals surface area contributed by atoms with Crippen molar-refractivity contribution in [3.8, 4) is 11.6 Å². The fourth-order valence-electron chi connectivity index (χ4n) is 2.75. The van der Waals surface area contributed by atoms with Gasteiger partial charge in [0, 0.05) is 16.8 Å². The summed E-state index contributed by atoms with van der Waals surface area (Å²) in [4.78, 5) is 9.76. The van der Waals surface area contributed by atoms with E-state index in [9.17, 15) is 0 Å². The van der Waals surface area contributed by atoms with Gasteiger partial charge in [0.05, 0.1) is 0 Å². The van der Waals surface area contributed by atoms with E-state index in [0.29, 0.717) is 17.4 Å². The standard InChI is InChI=1S/C20H18N4OS/c21-18-19(22-11-10-15-7-4-12-26-15)23-13-24-20(18)25-17-9-3-6-14-5-1-2-8-16(14)17/h1-9,12-13H,10-11,21H2,(H,22,23,24). The Morgan fingerprint density at radius 3 is 2.77 bits per heavy atom. The van der Waals surface area contributed by atoms with Gasteiger partial charge < -0.3 is 15.8 Å². The fourth-order valence-corrected chi connectivity index (χ4v) is 3.46. The average Bonchev–Trinajstić information content (AvgIpc) is 3.18. The third-order valence-corrected chi connectivity index (χ3v) is 4.98. The maximum atomic E-state index is 6.22. The Bertz CT molecular complexity index is 1010. The van der Waals surface area contributed by atoms with Gasteiger partial charge in [-0.1, -0.05) is 42.5 Å². The maximum absolute atomic E-state index is 6.22. The van der Waals surface area contributed by atoms with Crippen molar-refractivity contribution < 1.29 is 4.74 Å². The number of nitrogens with zero attached hydrogens (tertiary/aromatic N) is 2. The molecular formula is C20H18N4OS. The van der Waals surface area contributed by atoms with Crippen LogP contribution in [0.15, 0.2) is 66.3 Å². The monoisotopic (exact) mass is 362 g/mol. The molecule has 3 N–H and O–H groups in total. The highest BCUT2D eigenvalue weighted by molar-refractivity contribution is 7.09. The molecule has 0 aliphatic rings. The largest absolute Gasteiger partial charge is 0.436 e. The second-order valence-electron chi connectivity index (χ2n) is 5.78. The first-order valence-corrected chi connectivity index (χ1v) is 9.21. The van der Waals surface area contributed by atoms with Crippen molar-refractivity contribution in [2.24, 2.45) is 0 Å². The average molecular weight is 362 g/mol. The van der Waals surface area contributed by atoms with Crippen LogP contribution in [0.2, 0.25) is 0 Å². The van der Waals surface area contributed by atoms with Gasteiger partial charge in [-0.3, -0.25) is 0 Å². The van der Waals surface area contributed by atoms with E-state index in [1.165, 1.54) is 11.2 Å². The zero-order valence-corrected chi connectivity index (χ0v) is 14.9. The van der Waals surface area contributed by atoms with E-state index in [1.807, 2.05) is 42.5 Å². The molecule has 26 heavy (non-hydrogen) atoms. The van der Waals surface area contributed by atoms with E-state index in [0.717, 1.165) is 29.5 Å². The smallest absolute Gasteiger partial charge is 0.248 e. The first-order chi connectivity index (χ1) is 12.8. The predicted molar refractivity (Wildman–Crippen MR) is 107 cm³/mol. The van der Waals surface area contributed by atoms with Crippen molar-refractivity contribution in [3.05, 3.63) is 71.2 Å². The van der Waals surface area contributed by atoms with Gasteiger partial charge in [0.2, 0.25) is 5.88 Å². The lowest BCUT2D eigenvalue weighted by Crippen LogP contribution is -2.09. The van der Waals surface area contributed by atoms with Crippen LogP contribution in [-0.2, 0) is 6.42 Å². The molecule has 0 saturated carbocycles. The SMILES string of the molecule is Nc1c(NCCc2cccs2)ncnc1Oc1cccc2ccccc12. The topological polar surface area (TPSA) is 73.1 Å². The van der Waals surface area contributed by atoms with E-state index < -0.39 is 0 Å². The number of anilines is 2. The maximum Gasteiger partial charge on any atom is 0.248 e. The van der Waals surface area contributed by atoms with Crippen molar-refractivity contribution in [1.29, 1.82) is 0 Å². The molecule has 5 nitrogen and oxygen atoms in total. The molecule has 2 aromatic carbocycles.